The van der Waals surface area contributed by atoms with Crippen molar-refractivity contribution >= 4 is 0 Å². The molecule has 1 fully saturated rings. The minimum absolute atomic E-state index is 0.145. The van der Waals surface area contributed by atoms with Crippen molar-refractivity contribution in [3.8, 4) is 0 Å². The molecule has 2 heterocycles. The number of hydrogen-bond acceptors (Lipinski definition) is 4. The minimum atomic E-state index is -0.161. The van der Waals surface area contributed by atoms with E-state index >= 15 is 0 Å². The van der Waals surface area contributed by atoms with Gasteiger partial charge in [-0.2, -0.15) is 0 Å². The van der Waals surface area contributed by atoms with Crippen LogP contribution in [0.1, 0.15) is 23.1 Å². The van der Waals surface area contributed by atoms with Gasteiger partial charge >= 0.3 is 0 Å². The Morgan fingerprint density at radius 1 is 1.29 bits per heavy atom. The second-order valence-electron chi connectivity index (χ2n) is 5.43. The van der Waals surface area contributed by atoms with E-state index in [1.165, 1.54) is 6.07 Å². The highest BCUT2D eigenvalue weighted by molar-refractivity contribution is 5.17. The molecule has 2 atom stereocenters. The standard InChI is InChI=1S/C16H20FN3O/c1-11-6-7-15(21-11)16-13(10-19-20-16)9-18-8-12-4-2-3-5-14(12)17/h2-7,13,16,18-20H,8-10H2,1H3. The van der Waals surface area contributed by atoms with E-state index in [-0.39, 0.29) is 11.9 Å². The van der Waals surface area contributed by atoms with E-state index in [0.29, 0.717) is 18.0 Å². The Bertz CT molecular complexity index is 599. The maximum Gasteiger partial charge on any atom is 0.127 e. The van der Waals surface area contributed by atoms with Crippen molar-refractivity contribution in [1.82, 2.24) is 16.2 Å². The SMILES string of the molecule is Cc1ccc(C2NNCC2CNCc2ccccc2F)o1. The molecule has 0 saturated carbocycles. The molecule has 1 aromatic heterocycles. The highest BCUT2D eigenvalue weighted by Crippen LogP contribution is 2.26. The number of furan rings is 1. The van der Waals surface area contributed by atoms with Gasteiger partial charge in [0.05, 0.1) is 6.04 Å². The monoisotopic (exact) mass is 289 g/mol. The normalized spacial score (nSPS) is 21.8. The van der Waals surface area contributed by atoms with Crippen LogP contribution in [-0.4, -0.2) is 13.1 Å². The Morgan fingerprint density at radius 2 is 2.14 bits per heavy atom. The average molecular weight is 289 g/mol. The molecular weight excluding hydrogens is 269 g/mol. The van der Waals surface area contributed by atoms with E-state index in [4.69, 9.17) is 4.42 Å². The fourth-order valence-corrected chi connectivity index (χ4v) is 2.68. The number of rotatable bonds is 5. The molecule has 3 N–H and O–H groups in total. The third kappa shape index (κ3) is 3.32. The van der Waals surface area contributed by atoms with E-state index in [1.54, 1.807) is 12.1 Å². The Balaban J connectivity index is 1.56. The molecule has 2 unspecified atom stereocenters. The van der Waals surface area contributed by atoms with E-state index in [1.807, 2.05) is 25.1 Å². The maximum atomic E-state index is 13.6. The fraction of sp³-hybridized carbons (Fsp3) is 0.375. The Labute approximate surface area is 123 Å². The number of benzene rings is 1. The lowest BCUT2D eigenvalue weighted by molar-refractivity contribution is 0.359. The largest absolute Gasteiger partial charge is 0.465 e. The van der Waals surface area contributed by atoms with Crippen molar-refractivity contribution in [2.75, 3.05) is 13.1 Å². The van der Waals surface area contributed by atoms with Gasteiger partial charge in [-0.25, -0.2) is 9.82 Å². The smallest absolute Gasteiger partial charge is 0.127 e. The molecule has 4 nitrogen and oxygen atoms in total. The summed E-state index contributed by atoms with van der Waals surface area (Å²) in [5.41, 5.74) is 7.10. The van der Waals surface area contributed by atoms with Gasteiger partial charge < -0.3 is 9.73 Å². The van der Waals surface area contributed by atoms with Crippen LogP contribution >= 0.6 is 0 Å². The lowest BCUT2D eigenvalue weighted by Crippen LogP contribution is -2.28. The van der Waals surface area contributed by atoms with E-state index in [2.05, 4.69) is 16.2 Å². The summed E-state index contributed by atoms with van der Waals surface area (Å²) in [6.07, 6.45) is 0. The van der Waals surface area contributed by atoms with Crippen LogP contribution in [-0.2, 0) is 6.54 Å². The van der Waals surface area contributed by atoms with Gasteiger partial charge in [0.1, 0.15) is 17.3 Å². The lowest BCUT2D eigenvalue weighted by Gasteiger charge is -2.17. The van der Waals surface area contributed by atoms with Crippen LogP contribution in [0.15, 0.2) is 40.8 Å². The number of aryl methyl sites for hydroxylation is 1. The molecule has 5 heteroatoms. The first kappa shape index (κ1) is 14.3. The van der Waals surface area contributed by atoms with Gasteiger partial charge in [0.2, 0.25) is 0 Å². The topological polar surface area (TPSA) is 49.2 Å². The zero-order chi connectivity index (χ0) is 14.7. The summed E-state index contributed by atoms with van der Waals surface area (Å²) < 4.78 is 19.2. The Morgan fingerprint density at radius 3 is 2.90 bits per heavy atom. The van der Waals surface area contributed by atoms with Gasteiger partial charge in [-0.1, -0.05) is 18.2 Å². The predicted molar refractivity (Wildman–Crippen MR) is 78.9 cm³/mol. The molecule has 1 aliphatic rings. The second kappa shape index (κ2) is 6.39. The van der Waals surface area contributed by atoms with E-state index in [9.17, 15) is 4.39 Å². The van der Waals surface area contributed by atoms with Gasteiger partial charge in [-0.15, -0.1) is 0 Å². The number of nitrogens with one attached hydrogen (secondary N) is 3. The van der Waals surface area contributed by atoms with Crippen molar-refractivity contribution in [3.05, 3.63) is 59.3 Å². The van der Waals surface area contributed by atoms with Gasteiger partial charge in [-0.05, 0) is 25.1 Å². The minimum Gasteiger partial charge on any atom is -0.465 e. The molecule has 0 amide bonds. The summed E-state index contributed by atoms with van der Waals surface area (Å²) in [5, 5.41) is 3.33. The lowest BCUT2D eigenvalue weighted by atomic mass is 10.00. The predicted octanol–water partition coefficient (Wildman–Crippen LogP) is 2.28. The summed E-state index contributed by atoms with van der Waals surface area (Å²) in [6, 6.07) is 11.0. The molecule has 0 aliphatic carbocycles. The van der Waals surface area contributed by atoms with E-state index < -0.39 is 0 Å². The van der Waals surface area contributed by atoms with Crippen LogP contribution in [0.5, 0.6) is 0 Å². The molecule has 1 aromatic carbocycles. The zero-order valence-corrected chi connectivity index (χ0v) is 12.0. The molecular formula is C16H20FN3O. The molecule has 1 aliphatic heterocycles. The number of hydrazine groups is 1. The number of hydrogen-bond donors (Lipinski definition) is 3. The molecule has 3 rings (SSSR count). The highest BCUT2D eigenvalue weighted by atomic mass is 19.1. The van der Waals surface area contributed by atoms with Crippen molar-refractivity contribution in [2.45, 2.75) is 19.5 Å². The number of halogens is 1. The van der Waals surface area contributed by atoms with Crippen LogP contribution in [0, 0.1) is 18.7 Å². The molecule has 112 valence electrons. The summed E-state index contributed by atoms with van der Waals surface area (Å²) >= 11 is 0. The van der Waals surface area contributed by atoms with Crippen LogP contribution in [0.3, 0.4) is 0 Å². The third-order valence-electron chi connectivity index (χ3n) is 3.84. The average Bonchev–Trinajstić information content (AvgIpc) is 3.09. The van der Waals surface area contributed by atoms with Gasteiger partial charge in [-0.3, -0.25) is 5.43 Å². The van der Waals surface area contributed by atoms with Gasteiger partial charge in [0.25, 0.3) is 0 Å². The van der Waals surface area contributed by atoms with Gasteiger partial charge in [0.15, 0.2) is 0 Å². The quantitative estimate of drug-likeness (QED) is 0.790. The van der Waals surface area contributed by atoms with E-state index in [0.717, 1.165) is 24.6 Å². The van der Waals surface area contributed by atoms with Crippen LogP contribution in [0.25, 0.3) is 0 Å². The first-order chi connectivity index (χ1) is 10.2. The first-order valence-corrected chi connectivity index (χ1v) is 7.23. The summed E-state index contributed by atoms with van der Waals surface area (Å²) in [6.45, 7) is 4.12. The summed E-state index contributed by atoms with van der Waals surface area (Å²) in [4.78, 5) is 0. The van der Waals surface area contributed by atoms with Crippen molar-refractivity contribution in [2.24, 2.45) is 5.92 Å². The van der Waals surface area contributed by atoms with Crippen LogP contribution < -0.4 is 16.2 Å². The fourth-order valence-electron chi connectivity index (χ4n) is 2.68. The van der Waals surface area contributed by atoms with Crippen LogP contribution in [0.4, 0.5) is 4.39 Å². The molecule has 2 aromatic rings. The Hall–Kier alpha value is -1.69. The molecule has 0 spiro atoms. The Kier molecular flexibility index (Phi) is 4.34. The van der Waals surface area contributed by atoms with Gasteiger partial charge in [0, 0.05) is 31.1 Å². The molecule has 1 saturated heterocycles. The molecule has 21 heavy (non-hydrogen) atoms. The van der Waals surface area contributed by atoms with Crippen molar-refractivity contribution in [1.29, 1.82) is 0 Å². The first-order valence-electron chi connectivity index (χ1n) is 7.23. The van der Waals surface area contributed by atoms with Crippen molar-refractivity contribution in [3.63, 3.8) is 0 Å². The molecule has 0 radical (unpaired) electrons. The second-order valence-corrected chi connectivity index (χ2v) is 5.43. The van der Waals surface area contributed by atoms with Crippen LogP contribution in [0.2, 0.25) is 0 Å². The zero-order valence-electron chi connectivity index (χ0n) is 12.0. The maximum absolute atomic E-state index is 13.6. The highest BCUT2D eigenvalue weighted by Gasteiger charge is 2.30. The summed E-state index contributed by atoms with van der Waals surface area (Å²) in [7, 11) is 0. The summed E-state index contributed by atoms with van der Waals surface area (Å²) in [5.74, 6) is 2.06. The van der Waals surface area contributed by atoms with Crippen molar-refractivity contribution < 1.29 is 8.81 Å². The molecule has 0 bridgehead atoms. The third-order valence-corrected chi connectivity index (χ3v) is 3.84.